The van der Waals surface area contributed by atoms with Gasteiger partial charge in [-0.25, -0.2) is 4.39 Å². The van der Waals surface area contributed by atoms with Crippen molar-refractivity contribution >= 4 is 21.6 Å². The van der Waals surface area contributed by atoms with Crippen LogP contribution in [0.15, 0.2) is 22.7 Å². The van der Waals surface area contributed by atoms with Crippen LogP contribution in [-0.4, -0.2) is 6.04 Å². The van der Waals surface area contributed by atoms with Crippen molar-refractivity contribution in [2.75, 3.05) is 5.32 Å². The third-order valence-electron chi connectivity index (χ3n) is 4.29. The summed E-state index contributed by atoms with van der Waals surface area (Å²) in [6, 6.07) is 5.48. The molecule has 1 aliphatic carbocycles. The molecule has 0 radical (unpaired) electrons. The Kier molecular flexibility index (Phi) is 4.88. The van der Waals surface area contributed by atoms with Crippen LogP contribution in [0.5, 0.6) is 0 Å². The molecule has 1 aliphatic rings. The summed E-state index contributed by atoms with van der Waals surface area (Å²) in [7, 11) is 0. The van der Waals surface area contributed by atoms with Crippen LogP contribution in [-0.2, 0) is 0 Å². The Morgan fingerprint density at radius 3 is 2.74 bits per heavy atom. The van der Waals surface area contributed by atoms with Crippen LogP contribution in [0.25, 0.3) is 0 Å². The van der Waals surface area contributed by atoms with Crippen LogP contribution in [0, 0.1) is 23.6 Å². The van der Waals surface area contributed by atoms with E-state index in [4.69, 9.17) is 0 Å². The van der Waals surface area contributed by atoms with Crippen molar-refractivity contribution in [3.63, 3.8) is 0 Å². The largest absolute Gasteiger partial charge is 0.380 e. The van der Waals surface area contributed by atoms with E-state index in [0.717, 1.165) is 16.8 Å². The third kappa shape index (κ3) is 3.71. The molecule has 1 nitrogen and oxygen atoms in total. The van der Waals surface area contributed by atoms with Crippen LogP contribution < -0.4 is 5.32 Å². The second-order valence-corrected chi connectivity index (χ2v) is 7.12. The molecule has 0 bridgehead atoms. The van der Waals surface area contributed by atoms with Crippen molar-refractivity contribution in [1.29, 1.82) is 0 Å². The Morgan fingerprint density at radius 1 is 1.32 bits per heavy atom. The van der Waals surface area contributed by atoms with E-state index < -0.39 is 0 Å². The van der Waals surface area contributed by atoms with Gasteiger partial charge in [-0.1, -0.05) is 43.1 Å². The van der Waals surface area contributed by atoms with Gasteiger partial charge in [-0.05, 0) is 48.8 Å². The standard InChI is InChI=1S/C16H23BrFN/c1-10(2)13-6-4-11(3)8-15(13)19-16-9-12(17)5-7-14(16)18/h5,7,9-11,13,15,19H,4,6,8H2,1-3H3. The monoisotopic (exact) mass is 327 g/mol. The van der Waals surface area contributed by atoms with Crippen molar-refractivity contribution < 1.29 is 4.39 Å². The molecule has 19 heavy (non-hydrogen) atoms. The molecule has 1 saturated carbocycles. The summed E-state index contributed by atoms with van der Waals surface area (Å²) >= 11 is 3.41. The van der Waals surface area contributed by atoms with Crippen LogP contribution >= 0.6 is 15.9 Å². The Bertz CT molecular complexity index is 433. The number of hydrogen-bond acceptors (Lipinski definition) is 1. The van der Waals surface area contributed by atoms with Gasteiger partial charge >= 0.3 is 0 Å². The van der Waals surface area contributed by atoms with Gasteiger partial charge in [0, 0.05) is 10.5 Å². The molecule has 1 N–H and O–H groups in total. The highest BCUT2D eigenvalue weighted by Gasteiger charge is 2.30. The number of nitrogens with one attached hydrogen (secondary N) is 1. The number of anilines is 1. The Morgan fingerprint density at radius 2 is 2.05 bits per heavy atom. The zero-order valence-electron chi connectivity index (χ0n) is 11.9. The summed E-state index contributed by atoms with van der Waals surface area (Å²) in [5.74, 6) is 1.83. The molecule has 0 spiro atoms. The van der Waals surface area contributed by atoms with Crippen molar-refractivity contribution in [3.8, 4) is 0 Å². The van der Waals surface area contributed by atoms with E-state index in [1.165, 1.54) is 18.9 Å². The highest BCUT2D eigenvalue weighted by Crippen LogP contribution is 2.36. The number of hydrogen-bond donors (Lipinski definition) is 1. The minimum atomic E-state index is -0.163. The summed E-state index contributed by atoms with van der Waals surface area (Å²) in [5, 5.41) is 3.45. The van der Waals surface area contributed by atoms with Gasteiger partial charge in [-0.15, -0.1) is 0 Å². The average molecular weight is 328 g/mol. The van der Waals surface area contributed by atoms with E-state index >= 15 is 0 Å². The van der Waals surface area contributed by atoms with E-state index in [1.807, 2.05) is 6.07 Å². The fourth-order valence-electron chi connectivity index (χ4n) is 3.18. The van der Waals surface area contributed by atoms with E-state index in [9.17, 15) is 4.39 Å². The molecule has 1 aromatic rings. The highest BCUT2D eigenvalue weighted by atomic mass is 79.9. The molecule has 2 rings (SSSR count). The topological polar surface area (TPSA) is 12.0 Å². The number of rotatable bonds is 3. The number of benzene rings is 1. The first-order valence-corrected chi connectivity index (χ1v) is 7.98. The van der Waals surface area contributed by atoms with E-state index in [0.29, 0.717) is 23.6 Å². The van der Waals surface area contributed by atoms with Crippen molar-refractivity contribution in [1.82, 2.24) is 0 Å². The zero-order valence-corrected chi connectivity index (χ0v) is 13.5. The average Bonchev–Trinajstić information content (AvgIpc) is 2.33. The predicted octanol–water partition coefficient (Wildman–Crippen LogP) is 5.46. The SMILES string of the molecule is CC1CCC(C(C)C)C(Nc2cc(Br)ccc2F)C1. The van der Waals surface area contributed by atoms with Crippen LogP contribution in [0.2, 0.25) is 0 Å². The molecule has 106 valence electrons. The second kappa shape index (κ2) is 6.25. The normalized spacial score (nSPS) is 27.6. The molecule has 3 heteroatoms. The highest BCUT2D eigenvalue weighted by molar-refractivity contribution is 9.10. The maximum atomic E-state index is 13.9. The first-order chi connectivity index (χ1) is 8.97. The van der Waals surface area contributed by atoms with Crippen LogP contribution in [0.3, 0.4) is 0 Å². The first kappa shape index (κ1) is 14.8. The van der Waals surface area contributed by atoms with Gasteiger partial charge in [0.2, 0.25) is 0 Å². The third-order valence-corrected chi connectivity index (χ3v) is 4.78. The molecule has 0 aliphatic heterocycles. The summed E-state index contributed by atoms with van der Waals surface area (Å²) < 4.78 is 14.8. The summed E-state index contributed by atoms with van der Waals surface area (Å²) in [4.78, 5) is 0. The lowest BCUT2D eigenvalue weighted by atomic mass is 9.74. The van der Waals surface area contributed by atoms with E-state index in [1.54, 1.807) is 6.07 Å². The maximum Gasteiger partial charge on any atom is 0.146 e. The lowest BCUT2D eigenvalue weighted by molar-refractivity contribution is 0.211. The Labute approximate surface area is 124 Å². The van der Waals surface area contributed by atoms with Gasteiger partial charge in [0.05, 0.1) is 5.69 Å². The summed E-state index contributed by atoms with van der Waals surface area (Å²) in [5.41, 5.74) is 0.624. The van der Waals surface area contributed by atoms with Crippen LogP contribution in [0.1, 0.15) is 40.0 Å². The minimum absolute atomic E-state index is 0.163. The van der Waals surface area contributed by atoms with Gasteiger partial charge in [-0.2, -0.15) is 0 Å². The van der Waals surface area contributed by atoms with Crippen molar-refractivity contribution in [2.24, 2.45) is 17.8 Å². The van der Waals surface area contributed by atoms with Gasteiger partial charge in [0.25, 0.3) is 0 Å². The van der Waals surface area contributed by atoms with Crippen molar-refractivity contribution in [3.05, 3.63) is 28.5 Å². The van der Waals surface area contributed by atoms with Gasteiger partial charge in [-0.3, -0.25) is 0 Å². The fourth-order valence-corrected chi connectivity index (χ4v) is 3.54. The predicted molar refractivity (Wildman–Crippen MR) is 82.9 cm³/mol. The van der Waals surface area contributed by atoms with Gasteiger partial charge in [0.1, 0.15) is 5.82 Å². The van der Waals surface area contributed by atoms with Gasteiger partial charge < -0.3 is 5.32 Å². The summed E-state index contributed by atoms with van der Waals surface area (Å²) in [6.07, 6.45) is 3.67. The Balaban J connectivity index is 2.16. The lowest BCUT2D eigenvalue weighted by Gasteiger charge is -2.38. The quantitative estimate of drug-likeness (QED) is 0.777. The molecular formula is C16H23BrFN. The second-order valence-electron chi connectivity index (χ2n) is 6.20. The number of halogens is 2. The maximum absolute atomic E-state index is 13.9. The molecule has 0 aromatic heterocycles. The lowest BCUT2D eigenvalue weighted by Crippen LogP contribution is -2.38. The molecule has 3 atom stereocenters. The molecule has 1 fully saturated rings. The van der Waals surface area contributed by atoms with E-state index in [2.05, 4.69) is 42.0 Å². The molecule has 0 saturated heterocycles. The first-order valence-electron chi connectivity index (χ1n) is 7.19. The van der Waals surface area contributed by atoms with Crippen LogP contribution in [0.4, 0.5) is 10.1 Å². The zero-order chi connectivity index (χ0) is 14.0. The molecular weight excluding hydrogens is 305 g/mol. The molecule has 0 amide bonds. The van der Waals surface area contributed by atoms with E-state index in [-0.39, 0.29) is 5.82 Å². The molecule has 0 heterocycles. The molecule has 1 aromatic carbocycles. The molecule has 3 unspecified atom stereocenters. The van der Waals surface area contributed by atoms with Gasteiger partial charge in [0.15, 0.2) is 0 Å². The fraction of sp³-hybridized carbons (Fsp3) is 0.625. The van der Waals surface area contributed by atoms with Crippen molar-refractivity contribution in [2.45, 2.75) is 46.1 Å². The summed E-state index contributed by atoms with van der Waals surface area (Å²) in [6.45, 7) is 6.84. The minimum Gasteiger partial charge on any atom is -0.380 e. The smallest absolute Gasteiger partial charge is 0.146 e. The Hall–Kier alpha value is -0.570.